The van der Waals surface area contributed by atoms with Crippen LogP contribution < -0.4 is 4.90 Å². The summed E-state index contributed by atoms with van der Waals surface area (Å²) in [6.07, 6.45) is 1.47. The van der Waals surface area contributed by atoms with Crippen LogP contribution in [0.4, 0.5) is 15.9 Å². The van der Waals surface area contributed by atoms with Crippen molar-refractivity contribution in [2.24, 2.45) is 0 Å². The van der Waals surface area contributed by atoms with Crippen LogP contribution in [0.1, 0.15) is 12.5 Å². The van der Waals surface area contributed by atoms with Crippen molar-refractivity contribution < 1.29 is 4.39 Å². The van der Waals surface area contributed by atoms with Crippen LogP contribution in [0.3, 0.4) is 0 Å². The van der Waals surface area contributed by atoms with Crippen molar-refractivity contribution in [2.45, 2.75) is 6.92 Å². The zero-order chi connectivity index (χ0) is 13.0. The number of hydrogen-bond acceptors (Lipinski definition) is 4. The van der Waals surface area contributed by atoms with Crippen molar-refractivity contribution in [3.8, 4) is 6.07 Å². The zero-order valence-corrected chi connectivity index (χ0v) is 9.84. The fourth-order valence-corrected chi connectivity index (χ4v) is 1.69. The number of nitriles is 1. The van der Waals surface area contributed by atoms with Crippen molar-refractivity contribution in [2.75, 3.05) is 11.4 Å². The summed E-state index contributed by atoms with van der Waals surface area (Å²) in [5.41, 5.74) is 1.21. The molecule has 0 atom stereocenters. The van der Waals surface area contributed by atoms with E-state index in [0.29, 0.717) is 17.9 Å². The third-order valence-electron chi connectivity index (χ3n) is 2.53. The second-order valence-corrected chi connectivity index (χ2v) is 3.60. The summed E-state index contributed by atoms with van der Waals surface area (Å²) in [6, 6.07) is 9.72. The van der Waals surface area contributed by atoms with Crippen molar-refractivity contribution in [3.63, 3.8) is 0 Å². The van der Waals surface area contributed by atoms with Gasteiger partial charge in [-0.25, -0.2) is 4.39 Å². The molecule has 1 aromatic carbocycles. The fraction of sp³-hybridized carbons (Fsp3) is 0.154. The molecule has 0 aliphatic carbocycles. The minimum Gasteiger partial charge on any atom is -0.324 e. The van der Waals surface area contributed by atoms with E-state index in [9.17, 15) is 4.39 Å². The lowest BCUT2D eigenvalue weighted by atomic mass is 10.2. The number of halogens is 1. The van der Waals surface area contributed by atoms with Crippen molar-refractivity contribution in [1.82, 2.24) is 10.2 Å². The van der Waals surface area contributed by atoms with Gasteiger partial charge in [-0.1, -0.05) is 0 Å². The molecule has 4 nitrogen and oxygen atoms in total. The van der Waals surface area contributed by atoms with Gasteiger partial charge in [-0.3, -0.25) is 0 Å². The predicted octanol–water partition coefficient (Wildman–Crippen LogP) is 2.65. The van der Waals surface area contributed by atoms with Gasteiger partial charge >= 0.3 is 0 Å². The summed E-state index contributed by atoms with van der Waals surface area (Å²) in [7, 11) is 0. The Hall–Kier alpha value is -2.48. The molecule has 2 rings (SSSR count). The molecule has 0 bridgehead atoms. The molecular formula is C13H11FN4. The molecular weight excluding hydrogens is 231 g/mol. The molecule has 2 aromatic rings. The van der Waals surface area contributed by atoms with E-state index >= 15 is 0 Å². The van der Waals surface area contributed by atoms with Crippen molar-refractivity contribution >= 4 is 11.5 Å². The van der Waals surface area contributed by atoms with E-state index in [0.717, 1.165) is 5.69 Å². The fourth-order valence-electron chi connectivity index (χ4n) is 1.69. The normalized spacial score (nSPS) is 9.83. The van der Waals surface area contributed by atoms with Crippen LogP contribution >= 0.6 is 0 Å². The number of hydrogen-bond donors (Lipinski definition) is 0. The maximum Gasteiger partial charge on any atom is 0.173 e. The Morgan fingerprint density at radius 1 is 1.28 bits per heavy atom. The quantitative estimate of drug-likeness (QED) is 0.830. The van der Waals surface area contributed by atoms with Crippen LogP contribution in [-0.2, 0) is 0 Å². The van der Waals surface area contributed by atoms with E-state index < -0.39 is 0 Å². The number of anilines is 2. The standard InChI is InChI=1S/C13H11FN4/c1-2-18(12-5-3-11(14)4-6-12)13-10(9-15)7-8-16-17-13/h3-8H,2H2,1H3. The first-order chi connectivity index (χ1) is 8.76. The second kappa shape index (κ2) is 5.23. The monoisotopic (exact) mass is 242 g/mol. The molecule has 1 heterocycles. The molecule has 0 aliphatic rings. The maximum atomic E-state index is 12.9. The van der Waals surface area contributed by atoms with Gasteiger partial charge in [0.15, 0.2) is 5.82 Å². The first-order valence-electron chi connectivity index (χ1n) is 5.51. The third kappa shape index (κ3) is 2.28. The molecule has 90 valence electrons. The Bertz CT molecular complexity index is 574. The van der Waals surface area contributed by atoms with Gasteiger partial charge in [0.05, 0.1) is 11.8 Å². The highest BCUT2D eigenvalue weighted by Crippen LogP contribution is 2.25. The summed E-state index contributed by atoms with van der Waals surface area (Å²) in [4.78, 5) is 1.81. The Morgan fingerprint density at radius 3 is 2.61 bits per heavy atom. The summed E-state index contributed by atoms with van der Waals surface area (Å²) in [6.45, 7) is 2.54. The van der Waals surface area contributed by atoms with Gasteiger partial charge in [-0.05, 0) is 37.3 Å². The minimum absolute atomic E-state index is 0.297. The highest BCUT2D eigenvalue weighted by atomic mass is 19.1. The van der Waals surface area contributed by atoms with E-state index in [2.05, 4.69) is 16.3 Å². The van der Waals surface area contributed by atoms with Crippen LogP contribution in [0, 0.1) is 17.1 Å². The van der Waals surface area contributed by atoms with E-state index in [1.54, 1.807) is 18.2 Å². The SMILES string of the molecule is CCN(c1ccc(F)cc1)c1nnccc1C#N. The summed E-state index contributed by atoms with van der Waals surface area (Å²) in [5, 5.41) is 16.8. The Morgan fingerprint density at radius 2 is 2.00 bits per heavy atom. The molecule has 0 amide bonds. The molecule has 0 N–H and O–H groups in total. The lowest BCUT2D eigenvalue weighted by Crippen LogP contribution is -2.19. The summed E-state index contributed by atoms with van der Waals surface area (Å²) < 4.78 is 12.9. The maximum absolute atomic E-state index is 12.9. The van der Waals surface area contributed by atoms with Crippen LogP contribution in [0.15, 0.2) is 36.5 Å². The van der Waals surface area contributed by atoms with Crippen LogP contribution in [0.5, 0.6) is 0 Å². The molecule has 1 aromatic heterocycles. The van der Waals surface area contributed by atoms with Crippen LogP contribution in [0.25, 0.3) is 0 Å². The first-order valence-corrected chi connectivity index (χ1v) is 5.51. The Kier molecular flexibility index (Phi) is 3.49. The van der Waals surface area contributed by atoms with Gasteiger partial charge in [0.25, 0.3) is 0 Å². The van der Waals surface area contributed by atoms with E-state index in [1.165, 1.54) is 18.3 Å². The molecule has 18 heavy (non-hydrogen) atoms. The zero-order valence-electron chi connectivity index (χ0n) is 9.84. The van der Waals surface area contributed by atoms with E-state index in [-0.39, 0.29) is 5.82 Å². The lowest BCUT2D eigenvalue weighted by Gasteiger charge is -2.22. The molecule has 0 radical (unpaired) electrons. The van der Waals surface area contributed by atoms with Crippen LogP contribution in [-0.4, -0.2) is 16.7 Å². The topological polar surface area (TPSA) is 52.8 Å². The van der Waals surface area contributed by atoms with Crippen molar-refractivity contribution in [3.05, 3.63) is 47.9 Å². The third-order valence-corrected chi connectivity index (χ3v) is 2.53. The molecule has 5 heteroatoms. The van der Waals surface area contributed by atoms with E-state index in [1.807, 2.05) is 11.8 Å². The molecule has 0 saturated heterocycles. The van der Waals surface area contributed by atoms with Crippen LogP contribution in [0.2, 0.25) is 0 Å². The average Bonchev–Trinajstić information content (AvgIpc) is 2.42. The smallest absolute Gasteiger partial charge is 0.173 e. The highest BCUT2D eigenvalue weighted by molar-refractivity contribution is 5.64. The Balaban J connectivity index is 2.46. The largest absolute Gasteiger partial charge is 0.324 e. The Labute approximate surface area is 104 Å². The molecule has 0 fully saturated rings. The number of aromatic nitrogens is 2. The minimum atomic E-state index is -0.297. The number of benzene rings is 1. The van der Waals surface area contributed by atoms with E-state index in [4.69, 9.17) is 5.26 Å². The van der Waals surface area contributed by atoms with Gasteiger partial charge in [-0.2, -0.15) is 10.4 Å². The van der Waals surface area contributed by atoms with Crippen molar-refractivity contribution in [1.29, 1.82) is 5.26 Å². The molecule has 0 unspecified atom stereocenters. The molecule has 0 spiro atoms. The predicted molar refractivity (Wildman–Crippen MR) is 65.8 cm³/mol. The molecule has 0 saturated carbocycles. The summed E-state index contributed by atoms with van der Waals surface area (Å²) in [5.74, 6) is 0.184. The average molecular weight is 242 g/mol. The lowest BCUT2D eigenvalue weighted by molar-refractivity contribution is 0.627. The van der Waals surface area contributed by atoms with Gasteiger partial charge < -0.3 is 4.90 Å². The second-order valence-electron chi connectivity index (χ2n) is 3.60. The van der Waals surface area contributed by atoms with Gasteiger partial charge in [-0.15, -0.1) is 5.10 Å². The highest BCUT2D eigenvalue weighted by Gasteiger charge is 2.13. The van der Waals surface area contributed by atoms with Gasteiger partial charge in [0, 0.05) is 12.2 Å². The van der Waals surface area contributed by atoms with Gasteiger partial charge in [0.2, 0.25) is 0 Å². The number of rotatable bonds is 3. The summed E-state index contributed by atoms with van der Waals surface area (Å²) >= 11 is 0. The first kappa shape index (κ1) is 12.0. The van der Waals surface area contributed by atoms with Gasteiger partial charge in [0.1, 0.15) is 11.9 Å². The molecule has 0 aliphatic heterocycles. The number of nitrogens with zero attached hydrogens (tertiary/aromatic N) is 4.